The quantitative estimate of drug-likeness (QED) is 0.652. The van der Waals surface area contributed by atoms with Gasteiger partial charge in [0.25, 0.3) is 5.91 Å². The molecule has 0 radical (unpaired) electrons. The van der Waals surface area contributed by atoms with Crippen LogP contribution in [0.3, 0.4) is 0 Å². The van der Waals surface area contributed by atoms with Gasteiger partial charge in [-0.2, -0.15) is 0 Å². The summed E-state index contributed by atoms with van der Waals surface area (Å²) in [6.07, 6.45) is 4.22. The lowest BCUT2D eigenvalue weighted by molar-refractivity contribution is 0.0615. The van der Waals surface area contributed by atoms with Gasteiger partial charge in [0.05, 0.1) is 5.01 Å². The lowest BCUT2D eigenvalue weighted by Crippen LogP contribution is -2.49. The van der Waals surface area contributed by atoms with Crippen LogP contribution in [0, 0.1) is 5.82 Å². The van der Waals surface area contributed by atoms with Gasteiger partial charge in [0.2, 0.25) is 0 Å². The van der Waals surface area contributed by atoms with Crippen LogP contribution in [-0.2, 0) is 13.5 Å². The van der Waals surface area contributed by atoms with Gasteiger partial charge in [-0.3, -0.25) is 4.79 Å². The van der Waals surface area contributed by atoms with Crippen molar-refractivity contribution in [2.75, 3.05) is 19.6 Å². The van der Waals surface area contributed by atoms with E-state index in [1.165, 1.54) is 23.5 Å². The van der Waals surface area contributed by atoms with Crippen molar-refractivity contribution in [2.24, 2.45) is 7.05 Å². The molecule has 1 atom stereocenters. The molecule has 1 aromatic carbocycles. The van der Waals surface area contributed by atoms with E-state index in [2.05, 4.69) is 15.3 Å². The Kier molecular flexibility index (Phi) is 8.15. The van der Waals surface area contributed by atoms with Crippen LogP contribution in [0.5, 0.6) is 0 Å². The first kappa shape index (κ1) is 23.3. The highest BCUT2D eigenvalue weighted by atomic mass is 35.5. The molecule has 0 bridgehead atoms. The van der Waals surface area contributed by atoms with E-state index < -0.39 is 0 Å². The molecule has 1 aliphatic rings. The second-order valence-electron chi connectivity index (χ2n) is 6.54. The number of carbonyl (C=O) groups excluding carboxylic acids is 1. The normalized spacial score (nSPS) is 16.1. The number of benzene rings is 1. The first-order chi connectivity index (χ1) is 13.1. The molecule has 10 heteroatoms. The van der Waals surface area contributed by atoms with Gasteiger partial charge in [-0.1, -0.05) is 12.1 Å². The van der Waals surface area contributed by atoms with Gasteiger partial charge in [-0.05, 0) is 17.7 Å². The standard InChI is InChI=1S/C19H20FN5OS.2ClH/c1-24-8-7-22-18(24)16-11-21-6-9-25(16)19(26)15-12-27-17(23-15)10-13-2-4-14(20)5-3-13;;/h2-5,7-8,12,16,21H,6,9-11H2,1H3;2*1H. The zero-order valence-electron chi connectivity index (χ0n) is 15.7. The third-order valence-electron chi connectivity index (χ3n) is 4.70. The maximum atomic E-state index is 13.1. The molecule has 4 rings (SSSR count). The highest BCUT2D eigenvalue weighted by Crippen LogP contribution is 2.24. The van der Waals surface area contributed by atoms with Gasteiger partial charge in [-0.15, -0.1) is 36.2 Å². The fourth-order valence-corrected chi connectivity index (χ4v) is 4.09. The molecular weight excluding hydrogens is 436 g/mol. The molecule has 1 unspecified atom stereocenters. The summed E-state index contributed by atoms with van der Waals surface area (Å²) in [5.74, 6) is 0.524. The molecule has 0 spiro atoms. The number of halogens is 3. The minimum absolute atomic E-state index is 0. The molecule has 2 aromatic heterocycles. The Morgan fingerprint density at radius 1 is 1.31 bits per heavy atom. The average Bonchev–Trinajstić information content (AvgIpc) is 3.32. The summed E-state index contributed by atoms with van der Waals surface area (Å²) in [7, 11) is 1.93. The lowest BCUT2D eigenvalue weighted by atomic mass is 10.1. The predicted molar refractivity (Wildman–Crippen MR) is 116 cm³/mol. The minimum Gasteiger partial charge on any atom is -0.336 e. The fraction of sp³-hybridized carbons (Fsp3) is 0.316. The van der Waals surface area contributed by atoms with Crippen LogP contribution >= 0.6 is 36.2 Å². The van der Waals surface area contributed by atoms with Crippen molar-refractivity contribution in [3.05, 3.63) is 69.9 Å². The number of rotatable bonds is 4. The van der Waals surface area contributed by atoms with Crippen molar-refractivity contribution < 1.29 is 9.18 Å². The number of hydrogen-bond donors (Lipinski definition) is 1. The Morgan fingerprint density at radius 3 is 2.76 bits per heavy atom. The number of carbonyl (C=O) groups is 1. The van der Waals surface area contributed by atoms with Crippen molar-refractivity contribution in [3.8, 4) is 0 Å². The largest absolute Gasteiger partial charge is 0.336 e. The van der Waals surface area contributed by atoms with E-state index in [-0.39, 0.29) is 42.6 Å². The molecule has 6 nitrogen and oxygen atoms in total. The number of hydrogen-bond acceptors (Lipinski definition) is 5. The van der Waals surface area contributed by atoms with Gasteiger partial charge >= 0.3 is 0 Å². The average molecular weight is 458 g/mol. The third-order valence-corrected chi connectivity index (χ3v) is 5.55. The fourth-order valence-electron chi connectivity index (χ4n) is 3.29. The van der Waals surface area contributed by atoms with E-state index in [1.54, 1.807) is 23.7 Å². The van der Waals surface area contributed by atoms with Crippen molar-refractivity contribution >= 4 is 42.1 Å². The van der Waals surface area contributed by atoms with E-state index in [0.29, 0.717) is 25.2 Å². The van der Waals surface area contributed by atoms with Gasteiger partial charge in [0.15, 0.2) is 0 Å². The Morgan fingerprint density at radius 2 is 2.07 bits per heavy atom. The number of aromatic nitrogens is 3. The number of piperazine rings is 1. The van der Waals surface area contributed by atoms with E-state index in [0.717, 1.165) is 22.9 Å². The molecule has 1 fully saturated rings. The molecule has 1 aliphatic heterocycles. The Labute approximate surface area is 185 Å². The van der Waals surface area contributed by atoms with E-state index in [4.69, 9.17) is 0 Å². The summed E-state index contributed by atoms with van der Waals surface area (Å²) in [6.45, 7) is 2.03. The second kappa shape index (κ2) is 10.2. The maximum Gasteiger partial charge on any atom is 0.274 e. The van der Waals surface area contributed by atoms with E-state index in [1.807, 2.05) is 22.7 Å². The molecule has 0 saturated carbocycles. The van der Waals surface area contributed by atoms with E-state index in [9.17, 15) is 9.18 Å². The third kappa shape index (κ3) is 5.14. The molecule has 3 heterocycles. The van der Waals surface area contributed by atoms with Gasteiger partial charge in [0.1, 0.15) is 23.4 Å². The van der Waals surface area contributed by atoms with Gasteiger partial charge in [-0.25, -0.2) is 14.4 Å². The molecule has 3 aromatic rings. The molecule has 1 amide bonds. The molecular formula is C19H22Cl2FN5OS. The number of nitrogens with zero attached hydrogens (tertiary/aromatic N) is 4. The maximum absolute atomic E-state index is 13.1. The molecule has 1 saturated heterocycles. The van der Waals surface area contributed by atoms with Crippen molar-refractivity contribution in [3.63, 3.8) is 0 Å². The van der Waals surface area contributed by atoms with Crippen LogP contribution in [0.4, 0.5) is 4.39 Å². The molecule has 156 valence electrons. The van der Waals surface area contributed by atoms with Gasteiger partial charge in [0, 0.05) is 50.9 Å². The number of nitrogens with one attached hydrogen (secondary N) is 1. The number of imidazole rings is 1. The zero-order chi connectivity index (χ0) is 18.8. The Bertz CT molecular complexity index is 946. The molecule has 1 N–H and O–H groups in total. The summed E-state index contributed by atoms with van der Waals surface area (Å²) < 4.78 is 15.0. The number of thiazole rings is 1. The first-order valence-corrected chi connectivity index (χ1v) is 9.67. The van der Waals surface area contributed by atoms with Crippen LogP contribution in [0.2, 0.25) is 0 Å². The van der Waals surface area contributed by atoms with Crippen LogP contribution in [0.1, 0.15) is 32.9 Å². The van der Waals surface area contributed by atoms with E-state index >= 15 is 0 Å². The zero-order valence-corrected chi connectivity index (χ0v) is 18.2. The van der Waals surface area contributed by atoms with Crippen molar-refractivity contribution in [1.29, 1.82) is 0 Å². The highest BCUT2D eigenvalue weighted by Gasteiger charge is 2.32. The molecule has 0 aliphatic carbocycles. The number of amides is 1. The van der Waals surface area contributed by atoms with Crippen LogP contribution in [0.25, 0.3) is 0 Å². The lowest BCUT2D eigenvalue weighted by Gasteiger charge is -2.35. The smallest absolute Gasteiger partial charge is 0.274 e. The number of aryl methyl sites for hydroxylation is 1. The first-order valence-electron chi connectivity index (χ1n) is 8.79. The van der Waals surface area contributed by atoms with Crippen molar-refractivity contribution in [1.82, 2.24) is 24.8 Å². The summed E-state index contributed by atoms with van der Waals surface area (Å²) >= 11 is 1.45. The summed E-state index contributed by atoms with van der Waals surface area (Å²) in [5, 5.41) is 5.98. The predicted octanol–water partition coefficient (Wildman–Crippen LogP) is 3.24. The minimum atomic E-state index is -0.257. The SMILES string of the molecule is Cl.Cl.Cn1ccnc1C1CNCCN1C(=O)c1csc(Cc2ccc(F)cc2)n1. The Hall–Kier alpha value is -2.00. The highest BCUT2D eigenvalue weighted by molar-refractivity contribution is 7.09. The summed E-state index contributed by atoms with van der Waals surface area (Å²) in [6, 6.07) is 6.24. The van der Waals surface area contributed by atoms with Crippen LogP contribution < -0.4 is 5.32 Å². The second-order valence-corrected chi connectivity index (χ2v) is 7.49. The Balaban J connectivity index is 0.00000150. The summed E-state index contributed by atoms with van der Waals surface area (Å²) in [5.41, 5.74) is 1.43. The van der Waals surface area contributed by atoms with Crippen LogP contribution in [0.15, 0.2) is 42.0 Å². The topological polar surface area (TPSA) is 63.1 Å². The van der Waals surface area contributed by atoms with Crippen molar-refractivity contribution in [2.45, 2.75) is 12.5 Å². The monoisotopic (exact) mass is 457 g/mol. The van der Waals surface area contributed by atoms with Gasteiger partial charge < -0.3 is 14.8 Å². The van der Waals surface area contributed by atoms with Crippen LogP contribution in [-0.4, -0.2) is 45.0 Å². The summed E-state index contributed by atoms with van der Waals surface area (Å²) in [4.78, 5) is 23.9. The molecule has 29 heavy (non-hydrogen) atoms.